The summed E-state index contributed by atoms with van der Waals surface area (Å²) in [7, 11) is 0. The number of hydrogen-bond acceptors (Lipinski definition) is 8. The lowest BCUT2D eigenvalue weighted by Gasteiger charge is -2.19. The molecule has 44 heavy (non-hydrogen) atoms. The highest BCUT2D eigenvalue weighted by Crippen LogP contribution is 2.41. The van der Waals surface area contributed by atoms with Crippen LogP contribution in [0.3, 0.4) is 0 Å². The largest absolute Gasteiger partial charge is 0.435 e. The first-order chi connectivity index (χ1) is 21.3. The van der Waals surface area contributed by atoms with Crippen LogP contribution in [0.15, 0.2) is 55.2 Å². The Bertz CT molecular complexity index is 1850. The Morgan fingerprint density at radius 2 is 1.77 bits per heavy atom. The standard InChI is InChI=1S/C29H24ClF3N8O3/c30-20-12-16(13-35-27(20)41-36-8-9-37-41)38-28(42)19-15-40(39-26(19)29(31,32)33)21-14-34-25(23-7-3-11-44-23)18-5-1-4-17(24(18)21)22-6-2-10-43-22/h1,4-5,8-9,12-15,22-23H,2-3,6-7,10-11H2,(H,38,42). The molecule has 1 N–H and O–H groups in total. The van der Waals surface area contributed by atoms with Gasteiger partial charge in [0.15, 0.2) is 11.5 Å². The van der Waals surface area contributed by atoms with Crippen LogP contribution in [0.4, 0.5) is 18.9 Å². The van der Waals surface area contributed by atoms with Crippen LogP contribution in [0.25, 0.3) is 22.3 Å². The third kappa shape index (κ3) is 5.18. The molecule has 11 nitrogen and oxygen atoms in total. The minimum absolute atomic E-state index is 0.0745. The first kappa shape index (κ1) is 28.4. The maximum absolute atomic E-state index is 14.3. The normalized spacial score (nSPS) is 18.7. The Labute approximate surface area is 253 Å². The van der Waals surface area contributed by atoms with Crippen molar-refractivity contribution in [3.8, 4) is 11.5 Å². The summed E-state index contributed by atoms with van der Waals surface area (Å²) in [5.74, 6) is -0.856. The molecule has 1 amide bonds. The third-order valence-corrected chi connectivity index (χ3v) is 7.91. The van der Waals surface area contributed by atoms with Gasteiger partial charge in [-0.05, 0) is 37.3 Å². The summed E-state index contributed by atoms with van der Waals surface area (Å²) >= 11 is 6.29. The SMILES string of the molecule is O=C(Nc1cnc(-n2nccn2)c(Cl)c1)c1cn(-c2cnc(C3CCCO3)c3cccc(C4CCCO4)c23)nc1C(F)(F)F. The lowest BCUT2D eigenvalue weighted by atomic mass is 9.95. The molecule has 2 aliphatic rings. The molecular formula is C29H24ClF3N8O3. The maximum atomic E-state index is 14.3. The van der Waals surface area contributed by atoms with Gasteiger partial charge >= 0.3 is 6.18 Å². The van der Waals surface area contributed by atoms with Crippen molar-refractivity contribution in [3.05, 3.63) is 82.8 Å². The summed E-state index contributed by atoms with van der Waals surface area (Å²) in [6.45, 7) is 1.19. The second-order valence-corrected chi connectivity index (χ2v) is 10.8. The quantitative estimate of drug-likeness (QED) is 0.243. The molecular weight excluding hydrogens is 601 g/mol. The monoisotopic (exact) mass is 624 g/mol. The van der Waals surface area contributed by atoms with Crippen molar-refractivity contribution in [2.75, 3.05) is 18.5 Å². The summed E-state index contributed by atoms with van der Waals surface area (Å²) in [5.41, 5.74) is -0.141. The number of alkyl halides is 3. The molecule has 4 aromatic heterocycles. The molecule has 0 radical (unpaired) electrons. The average Bonchev–Trinajstić information content (AvgIpc) is 3.83. The smallest absolute Gasteiger partial charge is 0.374 e. The highest BCUT2D eigenvalue weighted by Gasteiger charge is 2.40. The van der Waals surface area contributed by atoms with E-state index in [9.17, 15) is 18.0 Å². The summed E-state index contributed by atoms with van der Waals surface area (Å²) in [6.07, 6.45) is 4.56. The van der Waals surface area contributed by atoms with Gasteiger partial charge in [0.2, 0.25) is 0 Å². The van der Waals surface area contributed by atoms with E-state index in [-0.39, 0.29) is 34.4 Å². The number of ether oxygens (including phenoxy) is 2. The van der Waals surface area contributed by atoms with Crippen LogP contribution in [0.1, 0.15) is 65.2 Å². The molecule has 0 saturated carbocycles. The minimum atomic E-state index is -4.93. The van der Waals surface area contributed by atoms with E-state index in [0.717, 1.165) is 47.5 Å². The number of rotatable bonds is 6. The number of halogens is 4. The van der Waals surface area contributed by atoms with Crippen molar-refractivity contribution >= 4 is 34.0 Å². The molecule has 0 bridgehead atoms. The number of carbonyl (C=O) groups excluding carboxylic acids is 1. The number of fused-ring (bicyclic) bond motifs is 1. The number of carbonyl (C=O) groups is 1. The van der Waals surface area contributed by atoms with E-state index < -0.39 is 23.3 Å². The van der Waals surface area contributed by atoms with Gasteiger partial charge in [0.25, 0.3) is 5.91 Å². The second-order valence-electron chi connectivity index (χ2n) is 10.4. The number of nitrogens with zero attached hydrogens (tertiary/aromatic N) is 7. The van der Waals surface area contributed by atoms with Crippen molar-refractivity contribution in [2.24, 2.45) is 0 Å². The van der Waals surface area contributed by atoms with E-state index in [2.05, 4.69) is 30.6 Å². The Balaban J connectivity index is 1.31. The first-order valence-electron chi connectivity index (χ1n) is 13.9. The van der Waals surface area contributed by atoms with Crippen molar-refractivity contribution in [2.45, 2.75) is 44.1 Å². The Morgan fingerprint density at radius 3 is 2.45 bits per heavy atom. The van der Waals surface area contributed by atoms with Gasteiger partial charge in [-0.2, -0.15) is 28.5 Å². The van der Waals surface area contributed by atoms with Gasteiger partial charge in [-0.3, -0.25) is 9.78 Å². The van der Waals surface area contributed by atoms with Gasteiger partial charge < -0.3 is 14.8 Å². The van der Waals surface area contributed by atoms with Crippen LogP contribution in [-0.4, -0.2) is 53.9 Å². The first-order valence-corrected chi connectivity index (χ1v) is 14.3. The Kier molecular flexibility index (Phi) is 7.26. The van der Waals surface area contributed by atoms with Gasteiger partial charge in [-0.1, -0.05) is 29.8 Å². The number of anilines is 1. The summed E-state index contributed by atoms with van der Waals surface area (Å²) < 4.78 is 55.8. The average molecular weight is 625 g/mol. The molecule has 6 heterocycles. The second kappa shape index (κ2) is 11.3. The van der Waals surface area contributed by atoms with Crippen molar-refractivity contribution in [1.29, 1.82) is 0 Å². The van der Waals surface area contributed by atoms with Gasteiger partial charge in [-0.25, -0.2) is 9.67 Å². The summed E-state index contributed by atoms with van der Waals surface area (Å²) in [5, 5.41) is 15.7. The number of nitrogens with one attached hydrogen (secondary N) is 1. The van der Waals surface area contributed by atoms with Crippen LogP contribution in [0, 0.1) is 0 Å². The van der Waals surface area contributed by atoms with Crippen molar-refractivity contribution in [3.63, 3.8) is 0 Å². The summed E-state index contributed by atoms with van der Waals surface area (Å²) in [6, 6.07) is 7.02. The molecule has 7 rings (SSSR count). The fourth-order valence-electron chi connectivity index (χ4n) is 5.69. The van der Waals surface area contributed by atoms with Crippen molar-refractivity contribution in [1.82, 2.24) is 34.7 Å². The molecule has 2 unspecified atom stereocenters. The van der Waals surface area contributed by atoms with E-state index in [1.165, 1.54) is 35.7 Å². The molecule has 0 aliphatic carbocycles. The Morgan fingerprint density at radius 1 is 1.02 bits per heavy atom. The summed E-state index contributed by atoms with van der Waals surface area (Å²) in [4.78, 5) is 23.2. The van der Waals surface area contributed by atoms with Crippen LogP contribution in [0.2, 0.25) is 5.02 Å². The van der Waals surface area contributed by atoms with Crippen LogP contribution < -0.4 is 5.32 Å². The number of amides is 1. The Hall–Kier alpha value is -4.40. The highest BCUT2D eigenvalue weighted by molar-refractivity contribution is 6.32. The van der Waals surface area contributed by atoms with Crippen molar-refractivity contribution < 1.29 is 27.4 Å². The van der Waals surface area contributed by atoms with Crippen LogP contribution >= 0.6 is 11.6 Å². The molecule has 2 atom stereocenters. The van der Waals surface area contributed by atoms with Gasteiger partial charge in [0.1, 0.15) is 6.10 Å². The van der Waals surface area contributed by atoms with E-state index >= 15 is 0 Å². The number of benzene rings is 1. The zero-order valence-corrected chi connectivity index (χ0v) is 23.7. The predicted molar refractivity (Wildman–Crippen MR) is 152 cm³/mol. The van der Waals surface area contributed by atoms with Crippen LogP contribution in [-0.2, 0) is 15.7 Å². The lowest BCUT2D eigenvalue weighted by molar-refractivity contribution is -0.141. The number of hydrogen-bond donors (Lipinski definition) is 1. The minimum Gasteiger partial charge on any atom is -0.374 e. The molecule has 15 heteroatoms. The van der Waals surface area contributed by atoms with Gasteiger partial charge in [0.05, 0.1) is 58.5 Å². The fraction of sp³-hybridized carbons (Fsp3) is 0.310. The fourth-order valence-corrected chi connectivity index (χ4v) is 5.93. The molecule has 226 valence electrons. The number of pyridine rings is 2. The molecule has 2 saturated heterocycles. The predicted octanol–water partition coefficient (Wildman–Crippen LogP) is 6.02. The van der Waals surface area contributed by atoms with Gasteiger partial charge in [0, 0.05) is 30.2 Å². The third-order valence-electron chi connectivity index (χ3n) is 7.63. The molecule has 0 spiro atoms. The molecule has 1 aromatic carbocycles. The van der Waals surface area contributed by atoms with E-state index in [0.29, 0.717) is 24.3 Å². The topological polar surface area (TPSA) is 122 Å². The highest BCUT2D eigenvalue weighted by atomic mass is 35.5. The zero-order chi connectivity index (χ0) is 30.4. The zero-order valence-electron chi connectivity index (χ0n) is 23.0. The lowest BCUT2D eigenvalue weighted by Crippen LogP contribution is -2.18. The van der Waals surface area contributed by atoms with E-state index in [4.69, 9.17) is 21.1 Å². The van der Waals surface area contributed by atoms with Crippen LogP contribution in [0.5, 0.6) is 0 Å². The molecule has 2 fully saturated rings. The van der Waals surface area contributed by atoms with E-state index in [1.807, 2.05) is 18.2 Å². The molecule has 5 aromatic rings. The van der Waals surface area contributed by atoms with Gasteiger partial charge in [-0.15, -0.1) is 4.80 Å². The van der Waals surface area contributed by atoms with E-state index in [1.54, 1.807) is 0 Å². The molecule has 2 aliphatic heterocycles. The number of aromatic nitrogens is 7. The maximum Gasteiger partial charge on any atom is 0.435 e.